The summed E-state index contributed by atoms with van der Waals surface area (Å²) in [6.07, 6.45) is 2.29. The van der Waals surface area contributed by atoms with Gasteiger partial charge in [-0.05, 0) is 24.5 Å². The number of rotatable bonds is 12. The summed E-state index contributed by atoms with van der Waals surface area (Å²) in [6, 6.07) is 0. The first-order valence-electron chi connectivity index (χ1n) is 7.39. The van der Waals surface area contributed by atoms with Crippen LogP contribution in [0.15, 0.2) is 11.6 Å². The molecule has 0 spiro atoms. The third-order valence-electron chi connectivity index (χ3n) is 2.97. The molecule has 3 N–H and O–H groups in total. The average molecular weight is 290 g/mol. The van der Waals surface area contributed by atoms with Crippen molar-refractivity contribution in [1.82, 2.24) is 0 Å². The van der Waals surface area contributed by atoms with Crippen LogP contribution in [-0.2, 0) is 9.47 Å². The lowest BCUT2D eigenvalue weighted by Gasteiger charge is -2.21. The Morgan fingerprint density at radius 1 is 1.05 bits per heavy atom. The maximum absolute atomic E-state index is 10.0. The molecule has 0 saturated heterocycles. The van der Waals surface area contributed by atoms with Gasteiger partial charge in [-0.2, -0.15) is 0 Å². The second-order valence-electron chi connectivity index (χ2n) is 4.94. The highest BCUT2D eigenvalue weighted by atomic mass is 16.5. The summed E-state index contributed by atoms with van der Waals surface area (Å²) >= 11 is 0. The third kappa shape index (κ3) is 8.66. The van der Waals surface area contributed by atoms with Crippen molar-refractivity contribution in [1.29, 1.82) is 0 Å². The van der Waals surface area contributed by atoms with E-state index in [9.17, 15) is 15.3 Å². The van der Waals surface area contributed by atoms with E-state index in [1.807, 2.05) is 6.92 Å². The minimum absolute atomic E-state index is 0.0933. The van der Waals surface area contributed by atoms with Gasteiger partial charge in [-0.15, -0.1) is 0 Å². The van der Waals surface area contributed by atoms with Gasteiger partial charge in [0, 0.05) is 13.7 Å². The molecule has 5 nitrogen and oxygen atoms in total. The molecule has 5 heteroatoms. The van der Waals surface area contributed by atoms with Crippen molar-refractivity contribution in [2.24, 2.45) is 0 Å². The molecule has 0 saturated carbocycles. The highest BCUT2D eigenvalue weighted by Gasteiger charge is 2.20. The molecule has 0 aromatic carbocycles. The number of aliphatic hydroxyl groups excluding tert-OH is 3. The second-order valence-corrected chi connectivity index (χ2v) is 4.94. The second kappa shape index (κ2) is 12.3. The quantitative estimate of drug-likeness (QED) is 0.372. The van der Waals surface area contributed by atoms with Gasteiger partial charge in [0.1, 0.15) is 6.10 Å². The fraction of sp³-hybridized carbons (Fsp3) is 0.867. The first-order valence-corrected chi connectivity index (χ1v) is 7.39. The smallest absolute Gasteiger partial charge is 0.101 e. The van der Waals surface area contributed by atoms with Gasteiger partial charge in [0.15, 0.2) is 0 Å². The monoisotopic (exact) mass is 290 g/mol. The van der Waals surface area contributed by atoms with E-state index in [4.69, 9.17) is 9.47 Å². The standard InChI is InChI=1S/C15H30O5/c1-4-6-8-20-10-12(16)9-13(14(17)7-5-2)15(18)11-19-3/h9,12,14-18H,4-8,10-11H2,1-3H3. The van der Waals surface area contributed by atoms with Crippen LogP contribution in [0, 0.1) is 0 Å². The van der Waals surface area contributed by atoms with Crippen molar-refractivity contribution in [3.05, 3.63) is 11.6 Å². The van der Waals surface area contributed by atoms with Gasteiger partial charge >= 0.3 is 0 Å². The van der Waals surface area contributed by atoms with Crippen molar-refractivity contribution in [2.75, 3.05) is 26.9 Å². The van der Waals surface area contributed by atoms with E-state index in [0.717, 1.165) is 19.3 Å². The summed E-state index contributed by atoms with van der Waals surface area (Å²) < 4.78 is 10.2. The van der Waals surface area contributed by atoms with Crippen LogP contribution in [0.3, 0.4) is 0 Å². The maximum Gasteiger partial charge on any atom is 0.101 e. The van der Waals surface area contributed by atoms with E-state index in [1.165, 1.54) is 13.2 Å². The van der Waals surface area contributed by atoms with Crippen molar-refractivity contribution < 1.29 is 24.8 Å². The molecule has 0 fully saturated rings. The van der Waals surface area contributed by atoms with E-state index in [2.05, 4.69) is 6.92 Å². The largest absolute Gasteiger partial charge is 0.389 e. The van der Waals surface area contributed by atoms with E-state index in [-0.39, 0.29) is 13.2 Å². The number of unbranched alkanes of at least 4 members (excludes halogenated alkanes) is 1. The van der Waals surface area contributed by atoms with Crippen LogP contribution in [0.1, 0.15) is 39.5 Å². The van der Waals surface area contributed by atoms with E-state index in [0.29, 0.717) is 18.6 Å². The van der Waals surface area contributed by atoms with Crippen LogP contribution in [0.5, 0.6) is 0 Å². The first-order chi connectivity index (χ1) is 9.56. The van der Waals surface area contributed by atoms with Gasteiger partial charge in [-0.25, -0.2) is 0 Å². The Labute approximate surface area is 122 Å². The molecule has 0 bridgehead atoms. The molecule has 0 rings (SSSR count). The average Bonchev–Trinajstić information content (AvgIpc) is 2.41. The molecule has 0 aromatic heterocycles. The molecule has 3 atom stereocenters. The summed E-state index contributed by atoms with van der Waals surface area (Å²) in [5.74, 6) is 0. The Morgan fingerprint density at radius 3 is 2.30 bits per heavy atom. The van der Waals surface area contributed by atoms with Gasteiger partial charge in [0.25, 0.3) is 0 Å². The van der Waals surface area contributed by atoms with Crippen LogP contribution < -0.4 is 0 Å². The normalized spacial score (nSPS) is 17.0. The molecule has 0 heterocycles. The van der Waals surface area contributed by atoms with Gasteiger partial charge in [-0.1, -0.05) is 26.7 Å². The zero-order chi connectivity index (χ0) is 15.4. The topological polar surface area (TPSA) is 79.2 Å². The van der Waals surface area contributed by atoms with Crippen LogP contribution in [0.4, 0.5) is 0 Å². The van der Waals surface area contributed by atoms with Crippen molar-refractivity contribution >= 4 is 0 Å². The van der Waals surface area contributed by atoms with Crippen LogP contribution in [0.25, 0.3) is 0 Å². The van der Waals surface area contributed by atoms with E-state index in [1.54, 1.807) is 0 Å². The first kappa shape index (κ1) is 19.5. The van der Waals surface area contributed by atoms with Gasteiger partial charge in [0.05, 0.1) is 25.4 Å². The maximum atomic E-state index is 10.0. The van der Waals surface area contributed by atoms with Gasteiger partial charge < -0.3 is 24.8 Å². The van der Waals surface area contributed by atoms with E-state index >= 15 is 0 Å². The fourth-order valence-corrected chi connectivity index (χ4v) is 1.86. The molecule has 0 aliphatic rings. The Kier molecular flexibility index (Phi) is 12.0. The summed E-state index contributed by atoms with van der Waals surface area (Å²) in [5, 5.41) is 29.9. The predicted molar refractivity (Wildman–Crippen MR) is 78.6 cm³/mol. The zero-order valence-electron chi connectivity index (χ0n) is 12.9. The Bertz CT molecular complexity index is 241. The molecule has 0 aliphatic heterocycles. The molecule has 0 aliphatic carbocycles. The lowest BCUT2D eigenvalue weighted by Crippen LogP contribution is -2.28. The molecular weight excluding hydrogens is 260 g/mol. The minimum atomic E-state index is -0.910. The van der Waals surface area contributed by atoms with Crippen molar-refractivity contribution in [2.45, 2.75) is 57.8 Å². The molecule has 0 amide bonds. The van der Waals surface area contributed by atoms with Crippen molar-refractivity contribution in [3.8, 4) is 0 Å². The molecule has 3 unspecified atom stereocenters. The molecule has 20 heavy (non-hydrogen) atoms. The van der Waals surface area contributed by atoms with Gasteiger partial charge in [0.2, 0.25) is 0 Å². The number of hydrogen-bond acceptors (Lipinski definition) is 5. The minimum Gasteiger partial charge on any atom is -0.389 e. The highest BCUT2D eigenvalue weighted by molar-refractivity contribution is 5.15. The highest BCUT2D eigenvalue weighted by Crippen LogP contribution is 2.15. The summed E-state index contributed by atoms with van der Waals surface area (Å²) in [6.45, 7) is 4.89. The lowest BCUT2D eigenvalue weighted by atomic mass is 9.98. The van der Waals surface area contributed by atoms with Crippen molar-refractivity contribution in [3.63, 3.8) is 0 Å². The summed E-state index contributed by atoms with van der Waals surface area (Å²) in [4.78, 5) is 0. The van der Waals surface area contributed by atoms with E-state index < -0.39 is 18.3 Å². The Morgan fingerprint density at radius 2 is 1.75 bits per heavy atom. The van der Waals surface area contributed by atoms with Crippen LogP contribution in [-0.4, -0.2) is 60.6 Å². The zero-order valence-corrected chi connectivity index (χ0v) is 12.9. The summed E-state index contributed by atoms with van der Waals surface area (Å²) in [7, 11) is 1.48. The Hall–Kier alpha value is -0.460. The van der Waals surface area contributed by atoms with Gasteiger partial charge in [-0.3, -0.25) is 0 Å². The molecule has 0 radical (unpaired) electrons. The Balaban J connectivity index is 4.52. The molecule has 0 aromatic rings. The predicted octanol–water partition coefficient (Wildman–Crippen LogP) is 1.26. The molecule has 120 valence electrons. The number of methoxy groups -OCH3 is 1. The molecular formula is C15H30O5. The third-order valence-corrected chi connectivity index (χ3v) is 2.97. The SMILES string of the molecule is CCCCOCC(O)C=C(C(O)CCC)C(O)COC. The van der Waals surface area contributed by atoms with Crippen LogP contribution >= 0.6 is 0 Å². The number of ether oxygens (including phenoxy) is 2. The number of aliphatic hydroxyl groups is 3. The summed E-state index contributed by atoms with van der Waals surface area (Å²) in [5.41, 5.74) is 0.403. The lowest BCUT2D eigenvalue weighted by molar-refractivity contribution is 0.0481. The number of hydrogen-bond donors (Lipinski definition) is 3. The fourth-order valence-electron chi connectivity index (χ4n) is 1.86. The van der Waals surface area contributed by atoms with Crippen LogP contribution in [0.2, 0.25) is 0 Å².